The van der Waals surface area contributed by atoms with E-state index in [1.807, 2.05) is 89.8 Å². The Morgan fingerprint density at radius 2 is 1.62 bits per heavy atom. The number of nitrogens with zero attached hydrogens (tertiary/aromatic N) is 3. The normalized spacial score (nSPS) is 14.1. The molecule has 0 aliphatic carbocycles. The molecule has 42 heavy (non-hydrogen) atoms. The molecule has 0 saturated carbocycles. The first-order valence-electron chi connectivity index (χ1n) is 13.5. The number of aromatic nitrogens is 2. The van der Waals surface area contributed by atoms with Gasteiger partial charge in [0.25, 0.3) is 5.91 Å². The number of rotatable bonds is 9. The van der Waals surface area contributed by atoms with Crippen LogP contribution >= 0.6 is 24.0 Å². The third-order valence-corrected chi connectivity index (χ3v) is 8.19. The minimum absolute atomic E-state index is 0.101. The Hall–Kier alpha value is -4.53. The summed E-state index contributed by atoms with van der Waals surface area (Å²) >= 11 is 6.91. The van der Waals surface area contributed by atoms with Crippen LogP contribution in [0.15, 0.2) is 120 Å². The second kappa shape index (κ2) is 12.5. The van der Waals surface area contributed by atoms with Crippen LogP contribution in [0.1, 0.15) is 16.7 Å². The van der Waals surface area contributed by atoms with Gasteiger partial charge in [-0.05, 0) is 60.0 Å². The number of hydrogen-bond acceptors (Lipinski definition) is 5. The monoisotopic (exact) mass is 591 g/mol. The fourth-order valence-corrected chi connectivity index (χ4v) is 5.93. The van der Waals surface area contributed by atoms with E-state index >= 15 is 0 Å². The van der Waals surface area contributed by atoms with Crippen LogP contribution in [-0.4, -0.2) is 31.5 Å². The Balaban J connectivity index is 1.29. The topological polar surface area (TPSA) is 47.4 Å². The highest BCUT2D eigenvalue weighted by molar-refractivity contribution is 8.26. The summed E-state index contributed by atoms with van der Waals surface area (Å²) < 4.78 is 21.7. The van der Waals surface area contributed by atoms with Gasteiger partial charge in [-0.2, -0.15) is 5.10 Å². The second-order valence-electron chi connectivity index (χ2n) is 9.73. The van der Waals surface area contributed by atoms with E-state index in [-0.39, 0.29) is 11.7 Å². The summed E-state index contributed by atoms with van der Waals surface area (Å²) in [6, 6.07) is 33.8. The Labute approximate surface area is 253 Å². The highest BCUT2D eigenvalue weighted by Crippen LogP contribution is 2.35. The smallest absolute Gasteiger partial charge is 0.266 e. The van der Waals surface area contributed by atoms with E-state index in [0.29, 0.717) is 33.8 Å². The molecule has 1 fully saturated rings. The number of ether oxygens (including phenoxy) is 1. The molecule has 5 aromatic rings. The summed E-state index contributed by atoms with van der Waals surface area (Å²) in [5.41, 5.74) is 5.26. The van der Waals surface area contributed by atoms with Crippen molar-refractivity contribution in [3.8, 4) is 22.7 Å². The Morgan fingerprint density at radius 3 is 2.38 bits per heavy atom. The number of thiocarbonyl (C=S) groups is 1. The average molecular weight is 592 g/mol. The second-order valence-corrected chi connectivity index (χ2v) is 11.4. The summed E-state index contributed by atoms with van der Waals surface area (Å²) in [5, 5.41) is 4.91. The van der Waals surface area contributed by atoms with Crippen LogP contribution in [0.2, 0.25) is 0 Å². The largest absolute Gasteiger partial charge is 0.489 e. The molecule has 4 aromatic carbocycles. The Kier molecular flexibility index (Phi) is 8.26. The zero-order valence-electron chi connectivity index (χ0n) is 22.5. The third kappa shape index (κ3) is 6.35. The van der Waals surface area contributed by atoms with Crippen molar-refractivity contribution in [3.05, 3.63) is 143 Å². The van der Waals surface area contributed by atoms with E-state index in [0.717, 1.165) is 34.4 Å². The molecular formula is C34H26FN3O2S2. The van der Waals surface area contributed by atoms with Gasteiger partial charge in [0.1, 0.15) is 28.2 Å². The highest BCUT2D eigenvalue weighted by atomic mass is 32.2. The maximum Gasteiger partial charge on any atom is 0.266 e. The molecule has 0 radical (unpaired) electrons. The van der Waals surface area contributed by atoms with Gasteiger partial charge in [0, 0.05) is 23.9 Å². The molecule has 0 N–H and O–H groups in total. The maximum atomic E-state index is 13.4. The molecule has 2 heterocycles. The fraction of sp³-hybridized carbons (Fsp3) is 0.0882. The number of thioether (sulfide) groups is 1. The van der Waals surface area contributed by atoms with Crippen LogP contribution in [0.5, 0.6) is 5.75 Å². The van der Waals surface area contributed by atoms with Crippen molar-refractivity contribution in [2.45, 2.75) is 13.0 Å². The van der Waals surface area contributed by atoms with E-state index in [9.17, 15) is 9.18 Å². The Morgan fingerprint density at radius 1 is 0.881 bits per heavy atom. The van der Waals surface area contributed by atoms with Gasteiger partial charge in [0.2, 0.25) is 0 Å². The lowest BCUT2D eigenvalue weighted by molar-refractivity contribution is -0.122. The van der Waals surface area contributed by atoms with Crippen molar-refractivity contribution >= 4 is 40.3 Å². The molecule has 1 aliphatic rings. The molecule has 0 bridgehead atoms. The number of benzene rings is 4. The number of carbonyl (C=O) groups excluding carboxylic acids is 1. The van der Waals surface area contributed by atoms with Gasteiger partial charge in [-0.1, -0.05) is 96.8 Å². The molecular weight excluding hydrogens is 566 g/mol. The maximum absolute atomic E-state index is 13.4. The molecule has 208 valence electrons. The van der Waals surface area contributed by atoms with Crippen molar-refractivity contribution in [3.63, 3.8) is 0 Å². The van der Waals surface area contributed by atoms with Crippen molar-refractivity contribution in [2.24, 2.45) is 0 Å². The summed E-state index contributed by atoms with van der Waals surface area (Å²) in [6.45, 7) is 0.829. The minimum Gasteiger partial charge on any atom is -0.489 e. The molecule has 6 rings (SSSR count). The lowest BCUT2D eigenvalue weighted by Gasteiger charge is -2.14. The van der Waals surface area contributed by atoms with Gasteiger partial charge in [-0.25, -0.2) is 9.07 Å². The SMILES string of the molecule is O=C1C(=Cc2cn(-c3ccccc3)nc2-c2cccc(OCc3ccc(F)cc3)c2)SC(=S)N1CCc1ccccc1. The molecule has 1 aromatic heterocycles. The molecule has 1 saturated heterocycles. The minimum atomic E-state index is -0.282. The van der Waals surface area contributed by atoms with Gasteiger partial charge >= 0.3 is 0 Å². The first-order valence-corrected chi connectivity index (χ1v) is 14.7. The summed E-state index contributed by atoms with van der Waals surface area (Å²) in [6.07, 6.45) is 4.52. The van der Waals surface area contributed by atoms with Crippen molar-refractivity contribution in [1.29, 1.82) is 0 Å². The van der Waals surface area contributed by atoms with Crippen LogP contribution in [0.25, 0.3) is 23.0 Å². The molecule has 0 unspecified atom stereocenters. The molecule has 0 atom stereocenters. The fourth-order valence-electron chi connectivity index (χ4n) is 4.63. The predicted octanol–water partition coefficient (Wildman–Crippen LogP) is 7.70. The van der Waals surface area contributed by atoms with E-state index in [2.05, 4.69) is 12.1 Å². The van der Waals surface area contributed by atoms with Gasteiger partial charge in [-0.3, -0.25) is 9.69 Å². The number of halogens is 1. The summed E-state index contributed by atoms with van der Waals surface area (Å²) in [4.78, 5) is 15.7. The zero-order valence-corrected chi connectivity index (χ0v) is 24.2. The van der Waals surface area contributed by atoms with Crippen LogP contribution in [0, 0.1) is 5.82 Å². The Bertz CT molecular complexity index is 1750. The number of para-hydroxylation sites is 1. The molecule has 1 aliphatic heterocycles. The van der Waals surface area contributed by atoms with Gasteiger partial charge in [-0.15, -0.1) is 0 Å². The van der Waals surface area contributed by atoms with Crippen molar-refractivity contribution in [2.75, 3.05) is 6.54 Å². The molecule has 8 heteroatoms. The van der Waals surface area contributed by atoms with Crippen molar-refractivity contribution in [1.82, 2.24) is 14.7 Å². The summed E-state index contributed by atoms with van der Waals surface area (Å²) in [5.74, 6) is 0.274. The van der Waals surface area contributed by atoms with E-state index in [1.165, 1.54) is 23.9 Å². The highest BCUT2D eigenvalue weighted by Gasteiger charge is 2.32. The third-order valence-electron chi connectivity index (χ3n) is 6.82. The standard InChI is InChI=1S/C34H26FN3O2S2/c35-28-16-14-25(15-17-28)23-40-30-13-7-10-26(20-30)32-27(22-38(36-32)29-11-5-2-6-12-29)21-31-33(39)37(34(41)42-31)19-18-24-8-3-1-4-9-24/h1-17,20-22H,18-19,23H2. The van der Waals surface area contributed by atoms with E-state index in [1.54, 1.807) is 17.0 Å². The van der Waals surface area contributed by atoms with Gasteiger partial charge in [0.15, 0.2) is 0 Å². The predicted molar refractivity (Wildman–Crippen MR) is 170 cm³/mol. The molecule has 0 spiro atoms. The first kappa shape index (κ1) is 27.6. The van der Waals surface area contributed by atoms with Crippen LogP contribution < -0.4 is 4.74 Å². The molecule has 1 amide bonds. The van der Waals surface area contributed by atoms with Crippen LogP contribution in [0.4, 0.5) is 4.39 Å². The van der Waals surface area contributed by atoms with Gasteiger partial charge in [0.05, 0.1) is 10.6 Å². The van der Waals surface area contributed by atoms with Gasteiger partial charge < -0.3 is 4.74 Å². The number of carbonyl (C=O) groups is 1. The van der Waals surface area contributed by atoms with E-state index in [4.69, 9.17) is 22.1 Å². The number of amides is 1. The average Bonchev–Trinajstić information content (AvgIpc) is 3.56. The molecule has 5 nitrogen and oxygen atoms in total. The lowest BCUT2D eigenvalue weighted by atomic mass is 10.1. The first-order chi connectivity index (χ1) is 20.5. The lowest BCUT2D eigenvalue weighted by Crippen LogP contribution is -2.30. The van der Waals surface area contributed by atoms with E-state index < -0.39 is 0 Å². The quantitative estimate of drug-likeness (QED) is 0.130. The van der Waals surface area contributed by atoms with Crippen LogP contribution in [0.3, 0.4) is 0 Å². The summed E-state index contributed by atoms with van der Waals surface area (Å²) in [7, 11) is 0. The van der Waals surface area contributed by atoms with Crippen LogP contribution in [-0.2, 0) is 17.8 Å². The van der Waals surface area contributed by atoms with Crippen molar-refractivity contribution < 1.29 is 13.9 Å². The zero-order chi connectivity index (χ0) is 28.9. The number of hydrogen-bond donors (Lipinski definition) is 0.